The zero-order valence-electron chi connectivity index (χ0n) is 15.9. The lowest BCUT2D eigenvalue weighted by Gasteiger charge is -2.14. The third-order valence-electron chi connectivity index (χ3n) is 4.49. The highest BCUT2D eigenvalue weighted by molar-refractivity contribution is 7.92. The van der Waals surface area contributed by atoms with Crippen LogP contribution in [0.15, 0.2) is 41.3 Å². The first-order chi connectivity index (χ1) is 12.1. The predicted molar refractivity (Wildman–Crippen MR) is 105 cm³/mol. The standard InChI is InChI=1S/C20H26N2O3S/c1-6-16(5)21-20(23)17-9-7-14(3)19(12-17)26(24,25)22-18-10-8-13(2)15(4)11-18/h7-12,16,22H,6H2,1-5H3,(H,21,23)/t16-/m0/s1. The molecule has 0 heterocycles. The van der Waals surface area contributed by atoms with E-state index in [-0.39, 0.29) is 16.8 Å². The lowest BCUT2D eigenvalue weighted by molar-refractivity contribution is 0.0939. The molecule has 0 fully saturated rings. The van der Waals surface area contributed by atoms with Gasteiger partial charge in [-0.05, 0) is 75.1 Å². The van der Waals surface area contributed by atoms with E-state index in [0.29, 0.717) is 16.8 Å². The highest BCUT2D eigenvalue weighted by atomic mass is 32.2. The maximum absolute atomic E-state index is 12.8. The summed E-state index contributed by atoms with van der Waals surface area (Å²) in [6, 6.07) is 10.1. The molecule has 0 saturated heterocycles. The van der Waals surface area contributed by atoms with E-state index in [9.17, 15) is 13.2 Å². The normalized spacial score (nSPS) is 12.5. The zero-order valence-corrected chi connectivity index (χ0v) is 16.7. The highest BCUT2D eigenvalue weighted by Gasteiger charge is 2.20. The molecule has 0 aliphatic rings. The number of carbonyl (C=O) groups is 1. The first-order valence-electron chi connectivity index (χ1n) is 8.65. The van der Waals surface area contributed by atoms with Crippen LogP contribution in [-0.2, 0) is 10.0 Å². The van der Waals surface area contributed by atoms with Crippen LogP contribution in [0.2, 0.25) is 0 Å². The molecular formula is C20H26N2O3S. The second kappa shape index (κ2) is 7.91. The number of nitrogens with one attached hydrogen (secondary N) is 2. The monoisotopic (exact) mass is 374 g/mol. The molecule has 140 valence electrons. The van der Waals surface area contributed by atoms with Gasteiger partial charge in [-0.3, -0.25) is 9.52 Å². The molecule has 0 aliphatic carbocycles. The van der Waals surface area contributed by atoms with Gasteiger partial charge in [-0.25, -0.2) is 8.42 Å². The Morgan fingerprint density at radius 3 is 2.27 bits per heavy atom. The summed E-state index contributed by atoms with van der Waals surface area (Å²) in [6.45, 7) is 9.50. The van der Waals surface area contributed by atoms with Crippen molar-refractivity contribution in [3.05, 3.63) is 58.7 Å². The van der Waals surface area contributed by atoms with E-state index in [1.165, 1.54) is 6.07 Å². The maximum Gasteiger partial charge on any atom is 0.262 e. The Kier molecular flexibility index (Phi) is 6.08. The molecular weight excluding hydrogens is 348 g/mol. The SMILES string of the molecule is CC[C@H](C)NC(=O)c1ccc(C)c(S(=O)(=O)Nc2ccc(C)c(C)c2)c1. The van der Waals surface area contributed by atoms with Crippen molar-refractivity contribution in [2.75, 3.05) is 4.72 Å². The van der Waals surface area contributed by atoms with Crippen LogP contribution in [0.4, 0.5) is 5.69 Å². The van der Waals surface area contributed by atoms with E-state index in [1.807, 2.05) is 33.8 Å². The zero-order chi connectivity index (χ0) is 19.5. The summed E-state index contributed by atoms with van der Waals surface area (Å²) in [5, 5.41) is 2.85. The van der Waals surface area contributed by atoms with E-state index < -0.39 is 10.0 Å². The summed E-state index contributed by atoms with van der Waals surface area (Å²) in [7, 11) is -3.79. The van der Waals surface area contributed by atoms with Gasteiger partial charge in [0.25, 0.3) is 15.9 Å². The Labute approximate surface area is 155 Å². The smallest absolute Gasteiger partial charge is 0.262 e. The van der Waals surface area contributed by atoms with Crippen molar-refractivity contribution in [3.8, 4) is 0 Å². The second-order valence-corrected chi connectivity index (χ2v) is 8.32. The predicted octanol–water partition coefficient (Wildman–Crippen LogP) is 3.94. The van der Waals surface area contributed by atoms with Gasteiger partial charge in [0.15, 0.2) is 0 Å². The van der Waals surface area contributed by atoms with E-state index in [0.717, 1.165) is 17.5 Å². The van der Waals surface area contributed by atoms with E-state index in [2.05, 4.69) is 10.0 Å². The number of carbonyl (C=O) groups excluding carboxylic acids is 1. The lowest BCUT2D eigenvalue weighted by Crippen LogP contribution is -2.32. The van der Waals surface area contributed by atoms with Crippen molar-refractivity contribution < 1.29 is 13.2 Å². The molecule has 2 aromatic carbocycles. The fourth-order valence-electron chi connectivity index (χ4n) is 2.46. The number of hydrogen-bond acceptors (Lipinski definition) is 3. The van der Waals surface area contributed by atoms with Gasteiger partial charge in [-0.2, -0.15) is 0 Å². The number of amides is 1. The Morgan fingerprint density at radius 1 is 1.00 bits per heavy atom. The van der Waals surface area contributed by atoms with Gasteiger partial charge in [0.05, 0.1) is 4.90 Å². The van der Waals surface area contributed by atoms with Crippen LogP contribution in [0.3, 0.4) is 0 Å². The first kappa shape index (κ1) is 20.0. The molecule has 0 aliphatic heterocycles. The summed E-state index contributed by atoms with van der Waals surface area (Å²) in [4.78, 5) is 12.4. The summed E-state index contributed by atoms with van der Waals surface area (Å²) in [5.74, 6) is -0.276. The van der Waals surface area contributed by atoms with Crippen LogP contribution in [-0.4, -0.2) is 20.4 Å². The average Bonchev–Trinajstić information content (AvgIpc) is 2.57. The van der Waals surface area contributed by atoms with E-state index in [4.69, 9.17) is 0 Å². The minimum atomic E-state index is -3.79. The third kappa shape index (κ3) is 4.64. The molecule has 2 rings (SSSR count). The molecule has 0 aromatic heterocycles. The molecule has 6 heteroatoms. The molecule has 1 amide bonds. The van der Waals surface area contributed by atoms with Crippen LogP contribution in [0, 0.1) is 20.8 Å². The Hall–Kier alpha value is -2.34. The van der Waals surface area contributed by atoms with Gasteiger partial charge in [-0.15, -0.1) is 0 Å². The first-order valence-corrected chi connectivity index (χ1v) is 10.1. The topological polar surface area (TPSA) is 75.3 Å². The van der Waals surface area contributed by atoms with Gasteiger partial charge in [0, 0.05) is 17.3 Å². The van der Waals surface area contributed by atoms with Gasteiger partial charge >= 0.3 is 0 Å². The van der Waals surface area contributed by atoms with Crippen molar-refractivity contribution in [2.24, 2.45) is 0 Å². The summed E-state index contributed by atoms with van der Waals surface area (Å²) in [6.07, 6.45) is 0.803. The van der Waals surface area contributed by atoms with Crippen molar-refractivity contribution in [1.29, 1.82) is 0 Å². The fraction of sp³-hybridized carbons (Fsp3) is 0.350. The summed E-state index contributed by atoms with van der Waals surface area (Å²) < 4.78 is 28.3. The van der Waals surface area contributed by atoms with Crippen LogP contribution in [0.5, 0.6) is 0 Å². The number of anilines is 1. The van der Waals surface area contributed by atoms with Crippen LogP contribution >= 0.6 is 0 Å². The fourth-order valence-corrected chi connectivity index (χ4v) is 3.78. The largest absolute Gasteiger partial charge is 0.350 e. The second-order valence-electron chi connectivity index (χ2n) is 6.67. The summed E-state index contributed by atoms with van der Waals surface area (Å²) >= 11 is 0. The average molecular weight is 375 g/mol. The van der Waals surface area contributed by atoms with Gasteiger partial charge in [0.1, 0.15) is 0 Å². The van der Waals surface area contributed by atoms with E-state index in [1.54, 1.807) is 31.2 Å². The van der Waals surface area contributed by atoms with Gasteiger partial charge in [0.2, 0.25) is 0 Å². The van der Waals surface area contributed by atoms with Crippen LogP contribution < -0.4 is 10.0 Å². The van der Waals surface area contributed by atoms with E-state index >= 15 is 0 Å². The van der Waals surface area contributed by atoms with Gasteiger partial charge in [-0.1, -0.05) is 19.1 Å². The molecule has 2 N–H and O–H groups in total. The number of hydrogen-bond donors (Lipinski definition) is 2. The Morgan fingerprint density at radius 2 is 1.65 bits per heavy atom. The quantitative estimate of drug-likeness (QED) is 0.804. The molecule has 0 saturated carbocycles. The van der Waals surface area contributed by atoms with Crippen molar-refractivity contribution >= 4 is 21.6 Å². The van der Waals surface area contributed by atoms with Gasteiger partial charge < -0.3 is 5.32 Å². The molecule has 5 nitrogen and oxygen atoms in total. The molecule has 0 spiro atoms. The maximum atomic E-state index is 12.8. The van der Waals surface area contributed by atoms with Crippen molar-refractivity contribution in [1.82, 2.24) is 5.32 Å². The minimum absolute atomic E-state index is 0.0255. The molecule has 0 radical (unpaired) electrons. The third-order valence-corrected chi connectivity index (χ3v) is 6.01. The van der Waals surface area contributed by atoms with Crippen LogP contribution in [0.1, 0.15) is 47.3 Å². The van der Waals surface area contributed by atoms with Crippen molar-refractivity contribution in [2.45, 2.75) is 52.0 Å². The highest BCUT2D eigenvalue weighted by Crippen LogP contribution is 2.22. The minimum Gasteiger partial charge on any atom is -0.350 e. The molecule has 26 heavy (non-hydrogen) atoms. The molecule has 0 unspecified atom stereocenters. The Balaban J connectivity index is 2.34. The number of sulfonamides is 1. The number of rotatable bonds is 6. The van der Waals surface area contributed by atoms with Crippen LogP contribution in [0.25, 0.3) is 0 Å². The molecule has 2 aromatic rings. The number of benzene rings is 2. The number of aryl methyl sites for hydroxylation is 3. The summed E-state index contributed by atoms with van der Waals surface area (Å²) in [5.41, 5.74) is 3.51. The Bertz CT molecular complexity index is 921. The van der Waals surface area contributed by atoms with Crippen molar-refractivity contribution in [3.63, 3.8) is 0 Å². The molecule has 0 bridgehead atoms. The lowest BCUT2D eigenvalue weighted by atomic mass is 10.1. The molecule has 1 atom stereocenters.